The van der Waals surface area contributed by atoms with Crippen LogP contribution < -0.4 is 5.32 Å². The lowest BCUT2D eigenvalue weighted by Crippen LogP contribution is -2.27. The predicted molar refractivity (Wildman–Crippen MR) is 72.0 cm³/mol. The summed E-state index contributed by atoms with van der Waals surface area (Å²) in [7, 11) is 0. The lowest BCUT2D eigenvalue weighted by atomic mass is 9.92. The van der Waals surface area contributed by atoms with Crippen molar-refractivity contribution < 1.29 is 0 Å². The number of hydrogen-bond acceptors (Lipinski definition) is 2. The average Bonchev–Trinajstić information content (AvgIpc) is 2.34. The third kappa shape index (κ3) is 3.53. The second-order valence-corrected chi connectivity index (χ2v) is 5.48. The molecule has 1 unspecified atom stereocenters. The molecule has 1 aromatic heterocycles. The van der Waals surface area contributed by atoms with E-state index in [9.17, 15) is 0 Å². The molecule has 1 aliphatic carbocycles. The van der Waals surface area contributed by atoms with Crippen molar-refractivity contribution in [3.05, 3.63) is 29.6 Å². The highest BCUT2D eigenvalue weighted by Crippen LogP contribution is 2.27. The molecule has 0 bridgehead atoms. The first-order valence-electron chi connectivity index (χ1n) is 6.94. The highest BCUT2D eigenvalue weighted by atomic mass is 14.9. The molecule has 0 saturated heterocycles. The zero-order valence-electron chi connectivity index (χ0n) is 11.1. The minimum Gasteiger partial charge on any atom is -0.309 e. The van der Waals surface area contributed by atoms with Crippen LogP contribution in [0.15, 0.2) is 18.3 Å². The molecule has 1 atom stereocenters. The molecule has 0 amide bonds. The van der Waals surface area contributed by atoms with Crippen LogP contribution >= 0.6 is 0 Å². The molecule has 0 fully saturated rings. The fourth-order valence-corrected chi connectivity index (χ4v) is 2.59. The van der Waals surface area contributed by atoms with Crippen LogP contribution in [0.4, 0.5) is 0 Å². The van der Waals surface area contributed by atoms with Gasteiger partial charge in [-0.15, -0.1) is 0 Å². The SMILES string of the molecule is CC(C)CCCNC1CCCc2cccnc21. The van der Waals surface area contributed by atoms with Gasteiger partial charge in [-0.25, -0.2) is 0 Å². The summed E-state index contributed by atoms with van der Waals surface area (Å²) in [5.41, 5.74) is 2.74. The first-order chi connectivity index (χ1) is 8.27. The van der Waals surface area contributed by atoms with E-state index in [4.69, 9.17) is 0 Å². The molecule has 0 aliphatic heterocycles. The zero-order chi connectivity index (χ0) is 12.1. The van der Waals surface area contributed by atoms with Crippen LogP contribution in [0.5, 0.6) is 0 Å². The third-order valence-corrected chi connectivity index (χ3v) is 3.54. The molecular weight excluding hydrogens is 208 g/mol. The number of pyridine rings is 1. The molecule has 1 aromatic rings. The summed E-state index contributed by atoms with van der Waals surface area (Å²) in [6, 6.07) is 4.77. The van der Waals surface area contributed by atoms with Gasteiger partial charge in [0.2, 0.25) is 0 Å². The number of rotatable bonds is 5. The topological polar surface area (TPSA) is 24.9 Å². The van der Waals surface area contributed by atoms with E-state index in [0.717, 1.165) is 12.5 Å². The smallest absolute Gasteiger partial charge is 0.0605 e. The van der Waals surface area contributed by atoms with E-state index in [2.05, 4.69) is 36.3 Å². The van der Waals surface area contributed by atoms with Crippen molar-refractivity contribution in [1.82, 2.24) is 10.3 Å². The molecular formula is C15H24N2. The van der Waals surface area contributed by atoms with Gasteiger partial charge in [0.15, 0.2) is 0 Å². The molecule has 1 N–H and O–H groups in total. The monoisotopic (exact) mass is 232 g/mol. The summed E-state index contributed by atoms with van der Waals surface area (Å²) >= 11 is 0. The van der Waals surface area contributed by atoms with Gasteiger partial charge in [0.25, 0.3) is 0 Å². The Bertz CT molecular complexity index is 347. The van der Waals surface area contributed by atoms with Crippen LogP contribution in [0.1, 0.15) is 56.8 Å². The Balaban J connectivity index is 1.86. The third-order valence-electron chi connectivity index (χ3n) is 3.54. The van der Waals surface area contributed by atoms with Crippen LogP contribution in [0.3, 0.4) is 0 Å². The highest BCUT2D eigenvalue weighted by molar-refractivity contribution is 5.25. The van der Waals surface area contributed by atoms with Crippen molar-refractivity contribution in [2.75, 3.05) is 6.54 Å². The molecule has 0 aromatic carbocycles. The Labute approximate surface area is 105 Å². The van der Waals surface area contributed by atoms with E-state index in [0.29, 0.717) is 6.04 Å². The molecule has 2 rings (SSSR count). The Hall–Kier alpha value is -0.890. The number of hydrogen-bond donors (Lipinski definition) is 1. The summed E-state index contributed by atoms with van der Waals surface area (Å²) in [6.45, 7) is 5.70. The number of aryl methyl sites for hydroxylation is 1. The van der Waals surface area contributed by atoms with Crippen LogP contribution in [0.2, 0.25) is 0 Å². The van der Waals surface area contributed by atoms with E-state index in [1.165, 1.54) is 43.4 Å². The van der Waals surface area contributed by atoms with Crippen LogP contribution in [-0.2, 0) is 6.42 Å². The first kappa shape index (κ1) is 12.6. The van der Waals surface area contributed by atoms with Gasteiger partial charge in [-0.2, -0.15) is 0 Å². The van der Waals surface area contributed by atoms with Crippen molar-refractivity contribution >= 4 is 0 Å². The molecule has 0 spiro atoms. The fraction of sp³-hybridized carbons (Fsp3) is 0.667. The van der Waals surface area contributed by atoms with Gasteiger partial charge in [0, 0.05) is 12.2 Å². The average molecular weight is 232 g/mol. The van der Waals surface area contributed by atoms with E-state index in [1.807, 2.05) is 6.20 Å². The molecule has 1 aliphatic rings. The van der Waals surface area contributed by atoms with Gasteiger partial charge >= 0.3 is 0 Å². The van der Waals surface area contributed by atoms with E-state index in [-0.39, 0.29) is 0 Å². The van der Waals surface area contributed by atoms with Gasteiger partial charge in [-0.3, -0.25) is 4.98 Å². The van der Waals surface area contributed by atoms with Gasteiger partial charge in [-0.1, -0.05) is 19.9 Å². The molecule has 94 valence electrons. The summed E-state index contributed by atoms with van der Waals surface area (Å²) < 4.78 is 0. The van der Waals surface area contributed by atoms with Crippen molar-refractivity contribution in [2.45, 2.75) is 52.0 Å². The number of aromatic nitrogens is 1. The van der Waals surface area contributed by atoms with Crippen molar-refractivity contribution in [1.29, 1.82) is 0 Å². The van der Waals surface area contributed by atoms with Gasteiger partial charge in [0.1, 0.15) is 0 Å². The van der Waals surface area contributed by atoms with E-state index < -0.39 is 0 Å². The summed E-state index contributed by atoms with van der Waals surface area (Å²) in [5, 5.41) is 3.67. The molecule has 2 heteroatoms. The predicted octanol–water partition coefficient (Wildman–Crippen LogP) is 3.48. The van der Waals surface area contributed by atoms with Crippen LogP contribution in [-0.4, -0.2) is 11.5 Å². The molecule has 17 heavy (non-hydrogen) atoms. The van der Waals surface area contributed by atoms with Gasteiger partial charge in [0.05, 0.1) is 5.69 Å². The van der Waals surface area contributed by atoms with Crippen molar-refractivity contribution in [2.24, 2.45) is 5.92 Å². The maximum atomic E-state index is 4.55. The lowest BCUT2D eigenvalue weighted by Gasteiger charge is -2.25. The van der Waals surface area contributed by atoms with Crippen LogP contribution in [0.25, 0.3) is 0 Å². The number of fused-ring (bicyclic) bond motifs is 1. The maximum absolute atomic E-state index is 4.55. The minimum atomic E-state index is 0.493. The normalized spacial score (nSPS) is 19.4. The summed E-state index contributed by atoms with van der Waals surface area (Å²) in [6.07, 6.45) is 8.25. The zero-order valence-corrected chi connectivity index (χ0v) is 11.1. The molecule has 0 saturated carbocycles. The number of nitrogens with one attached hydrogen (secondary N) is 1. The first-order valence-corrected chi connectivity index (χ1v) is 6.94. The number of nitrogens with zero attached hydrogens (tertiary/aromatic N) is 1. The Kier molecular flexibility index (Phi) is 4.55. The van der Waals surface area contributed by atoms with Gasteiger partial charge < -0.3 is 5.32 Å². The lowest BCUT2D eigenvalue weighted by molar-refractivity contribution is 0.429. The standard InChI is InChI=1S/C15H24N2/c1-12(2)6-4-10-16-14-9-3-7-13-8-5-11-17-15(13)14/h5,8,11-12,14,16H,3-4,6-7,9-10H2,1-2H3. The summed E-state index contributed by atoms with van der Waals surface area (Å²) in [5.74, 6) is 0.813. The Morgan fingerprint density at radius 1 is 1.47 bits per heavy atom. The quantitative estimate of drug-likeness (QED) is 0.786. The van der Waals surface area contributed by atoms with Crippen molar-refractivity contribution in [3.8, 4) is 0 Å². The molecule has 2 nitrogen and oxygen atoms in total. The molecule has 1 heterocycles. The van der Waals surface area contributed by atoms with E-state index in [1.54, 1.807) is 0 Å². The largest absolute Gasteiger partial charge is 0.309 e. The summed E-state index contributed by atoms with van der Waals surface area (Å²) in [4.78, 5) is 4.55. The van der Waals surface area contributed by atoms with Crippen LogP contribution in [0, 0.1) is 5.92 Å². The fourth-order valence-electron chi connectivity index (χ4n) is 2.59. The Morgan fingerprint density at radius 3 is 3.18 bits per heavy atom. The van der Waals surface area contributed by atoms with Crippen molar-refractivity contribution in [3.63, 3.8) is 0 Å². The maximum Gasteiger partial charge on any atom is 0.0605 e. The Morgan fingerprint density at radius 2 is 2.35 bits per heavy atom. The molecule has 0 radical (unpaired) electrons. The van der Waals surface area contributed by atoms with Gasteiger partial charge in [-0.05, 0) is 56.2 Å². The second-order valence-electron chi connectivity index (χ2n) is 5.48. The minimum absolute atomic E-state index is 0.493. The highest BCUT2D eigenvalue weighted by Gasteiger charge is 2.20. The van der Waals surface area contributed by atoms with E-state index >= 15 is 0 Å². The second kappa shape index (κ2) is 6.15.